The molecule has 1 aromatic rings. The van der Waals surface area contributed by atoms with E-state index in [4.69, 9.17) is 28.3 Å². The molecule has 0 bridgehead atoms. The molecule has 100 valence electrons. The summed E-state index contributed by atoms with van der Waals surface area (Å²) in [5, 5.41) is 12.9. The van der Waals surface area contributed by atoms with Crippen LogP contribution in [-0.2, 0) is 11.2 Å². The van der Waals surface area contributed by atoms with E-state index in [0.717, 1.165) is 5.56 Å². The second-order valence-electron chi connectivity index (χ2n) is 4.09. The lowest BCUT2D eigenvalue weighted by Gasteiger charge is -2.14. The Kier molecular flexibility index (Phi) is 6.47. The summed E-state index contributed by atoms with van der Waals surface area (Å²) in [4.78, 5) is 11.6. The molecule has 0 saturated carbocycles. The normalized spacial score (nSPS) is 12.2. The summed E-state index contributed by atoms with van der Waals surface area (Å²) in [5.74, 6) is -0.0816. The summed E-state index contributed by atoms with van der Waals surface area (Å²) < 4.78 is 0. The predicted molar refractivity (Wildman–Crippen MR) is 74.1 cm³/mol. The number of benzene rings is 1. The highest BCUT2D eigenvalue weighted by molar-refractivity contribution is 6.35. The number of aliphatic hydroxyl groups excluding tert-OH is 1. The summed E-state index contributed by atoms with van der Waals surface area (Å²) in [6.07, 6.45) is 1.62. The first kappa shape index (κ1) is 15.3. The average Bonchev–Trinajstić information content (AvgIpc) is 2.35. The lowest BCUT2D eigenvalue weighted by atomic mass is 10.1. The second kappa shape index (κ2) is 7.62. The molecule has 0 aliphatic rings. The van der Waals surface area contributed by atoms with Gasteiger partial charge in [0.25, 0.3) is 0 Å². The number of nitrogens with one attached hydrogen (secondary N) is 1. The highest BCUT2D eigenvalue weighted by atomic mass is 35.5. The van der Waals surface area contributed by atoms with Crippen molar-refractivity contribution in [2.24, 2.45) is 0 Å². The fourth-order valence-corrected chi connectivity index (χ4v) is 2.05. The molecule has 5 heteroatoms. The van der Waals surface area contributed by atoms with Gasteiger partial charge in [0, 0.05) is 16.5 Å². The second-order valence-corrected chi connectivity index (χ2v) is 4.93. The fraction of sp³-hybridized carbons (Fsp3) is 0.462. The molecule has 0 radical (unpaired) electrons. The van der Waals surface area contributed by atoms with Crippen molar-refractivity contribution >= 4 is 29.1 Å². The topological polar surface area (TPSA) is 49.3 Å². The number of hydrogen-bond acceptors (Lipinski definition) is 2. The van der Waals surface area contributed by atoms with Crippen molar-refractivity contribution in [3.05, 3.63) is 33.8 Å². The Morgan fingerprint density at radius 1 is 1.44 bits per heavy atom. The summed E-state index contributed by atoms with van der Waals surface area (Å²) in [6.45, 7) is 1.88. The molecule has 0 aliphatic carbocycles. The number of amides is 1. The Balaban J connectivity index is 2.47. The Bertz CT molecular complexity index is 406. The molecular weight excluding hydrogens is 273 g/mol. The summed E-state index contributed by atoms with van der Waals surface area (Å²) >= 11 is 11.8. The minimum atomic E-state index is -0.168. The van der Waals surface area contributed by atoms with Gasteiger partial charge in [-0.2, -0.15) is 0 Å². The number of aliphatic hydroxyl groups is 1. The van der Waals surface area contributed by atoms with Gasteiger partial charge in [-0.15, -0.1) is 0 Å². The zero-order valence-electron chi connectivity index (χ0n) is 10.2. The van der Waals surface area contributed by atoms with Crippen molar-refractivity contribution < 1.29 is 9.90 Å². The number of rotatable bonds is 6. The Morgan fingerprint density at radius 3 is 2.72 bits per heavy atom. The van der Waals surface area contributed by atoms with Crippen LogP contribution in [0.2, 0.25) is 10.0 Å². The summed E-state index contributed by atoms with van der Waals surface area (Å²) in [5.41, 5.74) is 0.897. The molecule has 2 N–H and O–H groups in total. The van der Waals surface area contributed by atoms with Crippen LogP contribution in [0.1, 0.15) is 25.3 Å². The van der Waals surface area contributed by atoms with Crippen LogP contribution in [0.5, 0.6) is 0 Å². The first-order chi connectivity index (χ1) is 8.56. The average molecular weight is 290 g/mol. The first-order valence-electron chi connectivity index (χ1n) is 5.91. The van der Waals surface area contributed by atoms with E-state index in [1.165, 1.54) is 0 Å². The van der Waals surface area contributed by atoms with Crippen molar-refractivity contribution in [3.63, 3.8) is 0 Å². The van der Waals surface area contributed by atoms with Crippen molar-refractivity contribution in [3.8, 4) is 0 Å². The van der Waals surface area contributed by atoms with Crippen LogP contribution in [-0.4, -0.2) is 23.7 Å². The van der Waals surface area contributed by atoms with Crippen LogP contribution in [0, 0.1) is 0 Å². The third-order valence-corrected chi connectivity index (χ3v) is 3.30. The van der Waals surface area contributed by atoms with E-state index in [-0.39, 0.29) is 18.6 Å². The lowest BCUT2D eigenvalue weighted by molar-refractivity contribution is -0.122. The molecule has 0 saturated heterocycles. The molecule has 0 aliphatic heterocycles. The van der Waals surface area contributed by atoms with Gasteiger partial charge in [-0.25, -0.2) is 0 Å². The zero-order valence-corrected chi connectivity index (χ0v) is 11.8. The smallest absolute Gasteiger partial charge is 0.220 e. The van der Waals surface area contributed by atoms with Gasteiger partial charge in [-0.1, -0.05) is 36.2 Å². The molecule has 1 atom stereocenters. The quantitative estimate of drug-likeness (QED) is 0.846. The van der Waals surface area contributed by atoms with Gasteiger partial charge in [0.1, 0.15) is 0 Å². The van der Waals surface area contributed by atoms with Crippen LogP contribution in [0.3, 0.4) is 0 Å². The van der Waals surface area contributed by atoms with Gasteiger partial charge in [0.2, 0.25) is 5.91 Å². The number of carbonyl (C=O) groups is 1. The van der Waals surface area contributed by atoms with Crippen LogP contribution in [0.25, 0.3) is 0 Å². The van der Waals surface area contributed by atoms with Crippen molar-refractivity contribution in [2.45, 2.75) is 32.2 Å². The van der Waals surface area contributed by atoms with Gasteiger partial charge < -0.3 is 10.4 Å². The maximum absolute atomic E-state index is 11.6. The van der Waals surface area contributed by atoms with Gasteiger partial charge >= 0.3 is 0 Å². The number of halogens is 2. The molecule has 3 nitrogen and oxygen atoms in total. The molecule has 0 aromatic heterocycles. The molecule has 1 amide bonds. The molecule has 0 spiro atoms. The van der Waals surface area contributed by atoms with E-state index in [0.29, 0.717) is 29.3 Å². The van der Waals surface area contributed by atoms with Crippen LogP contribution < -0.4 is 5.32 Å². The molecule has 0 fully saturated rings. The Labute approximate surface area is 117 Å². The van der Waals surface area contributed by atoms with E-state index in [2.05, 4.69) is 5.32 Å². The number of hydrogen-bond donors (Lipinski definition) is 2. The van der Waals surface area contributed by atoms with E-state index < -0.39 is 0 Å². The largest absolute Gasteiger partial charge is 0.394 e. The molecule has 0 unspecified atom stereocenters. The predicted octanol–water partition coefficient (Wildman–Crippen LogP) is 2.81. The monoisotopic (exact) mass is 289 g/mol. The van der Waals surface area contributed by atoms with Gasteiger partial charge in [-0.3, -0.25) is 4.79 Å². The van der Waals surface area contributed by atoms with Crippen molar-refractivity contribution in [1.82, 2.24) is 5.32 Å². The van der Waals surface area contributed by atoms with Crippen LogP contribution in [0.4, 0.5) is 0 Å². The van der Waals surface area contributed by atoms with E-state index in [1.54, 1.807) is 12.1 Å². The molecule has 1 aromatic carbocycles. The zero-order chi connectivity index (χ0) is 13.5. The first-order valence-corrected chi connectivity index (χ1v) is 6.66. The molecule has 1 rings (SSSR count). The SMILES string of the molecule is CC[C@@H](CO)NC(=O)CCc1ccc(Cl)cc1Cl. The third-order valence-electron chi connectivity index (χ3n) is 2.71. The molecule has 18 heavy (non-hydrogen) atoms. The number of aryl methyl sites for hydroxylation is 1. The molecule has 0 heterocycles. The van der Waals surface area contributed by atoms with Crippen LogP contribution in [0.15, 0.2) is 18.2 Å². The summed E-state index contributed by atoms with van der Waals surface area (Å²) in [7, 11) is 0. The summed E-state index contributed by atoms with van der Waals surface area (Å²) in [6, 6.07) is 5.07. The Morgan fingerprint density at radius 2 is 2.17 bits per heavy atom. The van der Waals surface area contributed by atoms with Gasteiger partial charge in [0.05, 0.1) is 12.6 Å². The standard InChI is InChI=1S/C13H17Cl2NO2/c1-2-11(8-17)16-13(18)6-4-9-3-5-10(14)7-12(9)15/h3,5,7,11,17H,2,4,6,8H2,1H3,(H,16,18)/t11-/m0/s1. The third kappa shape index (κ3) is 4.84. The highest BCUT2D eigenvalue weighted by Crippen LogP contribution is 2.21. The number of carbonyl (C=O) groups excluding carboxylic acids is 1. The molecular formula is C13H17Cl2NO2. The van der Waals surface area contributed by atoms with E-state index in [1.807, 2.05) is 13.0 Å². The minimum Gasteiger partial charge on any atom is -0.394 e. The Hall–Kier alpha value is -0.770. The fourth-order valence-electron chi connectivity index (χ4n) is 1.55. The van der Waals surface area contributed by atoms with Gasteiger partial charge in [0.15, 0.2) is 0 Å². The highest BCUT2D eigenvalue weighted by Gasteiger charge is 2.10. The van der Waals surface area contributed by atoms with Crippen LogP contribution >= 0.6 is 23.2 Å². The minimum absolute atomic E-state index is 0.0378. The maximum Gasteiger partial charge on any atom is 0.220 e. The lowest BCUT2D eigenvalue weighted by Crippen LogP contribution is -2.37. The van der Waals surface area contributed by atoms with E-state index >= 15 is 0 Å². The maximum atomic E-state index is 11.6. The van der Waals surface area contributed by atoms with E-state index in [9.17, 15) is 4.79 Å². The van der Waals surface area contributed by atoms with Crippen molar-refractivity contribution in [2.75, 3.05) is 6.61 Å². The van der Waals surface area contributed by atoms with Crippen molar-refractivity contribution in [1.29, 1.82) is 0 Å². The van der Waals surface area contributed by atoms with Gasteiger partial charge in [-0.05, 0) is 30.5 Å².